The molecule has 1 saturated heterocycles. The summed E-state index contributed by atoms with van der Waals surface area (Å²) < 4.78 is 26.9. The minimum Gasteiger partial charge on any atom is -0.349 e. The van der Waals surface area contributed by atoms with Gasteiger partial charge in [0.05, 0.1) is 16.3 Å². The maximum absolute atomic E-state index is 12.6. The van der Waals surface area contributed by atoms with Crippen molar-refractivity contribution in [3.63, 3.8) is 0 Å². The van der Waals surface area contributed by atoms with Gasteiger partial charge in [0.15, 0.2) is 15.5 Å². The summed E-state index contributed by atoms with van der Waals surface area (Å²) in [7, 11) is -1.73. The fraction of sp³-hybridized carbons (Fsp3) is 0.444. The first-order valence-corrected chi connectivity index (χ1v) is 10.5. The van der Waals surface area contributed by atoms with Gasteiger partial charge in [-0.2, -0.15) is 5.10 Å². The third kappa shape index (κ3) is 2.93. The number of nitrogens with zero attached hydrogens (tertiary/aromatic N) is 3. The Hall–Kier alpha value is -2.19. The maximum atomic E-state index is 12.6. The molecule has 1 amide bonds. The van der Waals surface area contributed by atoms with Crippen LogP contribution in [-0.2, 0) is 22.6 Å². The zero-order chi connectivity index (χ0) is 18.3. The lowest BCUT2D eigenvalue weighted by molar-refractivity contribution is 0.0943. The molecule has 2 aliphatic heterocycles. The monoisotopic (exact) mass is 374 g/mol. The van der Waals surface area contributed by atoms with E-state index in [2.05, 4.69) is 15.3 Å². The highest BCUT2D eigenvalue weighted by atomic mass is 32.2. The average molecular weight is 374 g/mol. The lowest BCUT2D eigenvalue weighted by Gasteiger charge is -2.18. The van der Waals surface area contributed by atoms with Crippen molar-refractivity contribution >= 4 is 15.7 Å². The number of benzene rings is 1. The summed E-state index contributed by atoms with van der Waals surface area (Å²) >= 11 is 0. The summed E-state index contributed by atoms with van der Waals surface area (Å²) in [6.07, 6.45) is 2.41. The van der Waals surface area contributed by atoms with Gasteiger partial charge < -0.3 is 10.2 Å². The van der Waals surface area contributed by atoms with Crippen LogP contribution in [0.2, 0.25) is 0 Å². The molecule has 0 atom stereocenters. The summed E-state index contributed by atoms with van der Waals surface area (Å²) in [5.41, 5.74) is 2.02. The Morgan fingerprint density at radius 1 is 1.23 bits per heavy atom. The molecule has 0 unspecified atom stereocenters. The highest BCUT2D eigenvalue weighted by Crippen LogP contribution is 2.38. The normalized spacial score (nSPS) is 18.3. The van der Waals surface area contributed by atoms with Crippen LogP contribution in [0.5, 0.6) is 0 Å². The zero-order valence-corrected chi connectivity index (χ0v) is 15.6. The predicted octanol–water partition coefficient (Wildman–Crippen LogP) is 1.20. The Morgan fingerprint density at radius 2 is 1.96 bits per heavy atom. The smallest absolute Gasteiger partial charge is 0.272 e. The van der Waals surface area contributed by atoms with E-state index in [4.69, 9.17) is 0 Å². The van der Waals surface area contributed by atoms with Crippen molar-refractivity contribution in [2.45, 2.75) is 23.5 Å². The molecule has 1 aromatic heterocycles. The quantitative estimate of drug-likeness (QED) is 0.869. The molecule has 138 valence electrons. The van der Waals surface area contributed by atoms with E-state index in [1.54, 1.807) is 36.0 Å². The van der Waals surface area contributed by atoms with E-state index in [-0.39, 0.29) is 17.4 Å². The van der Waals surface area contributed by atoms with Crippen LogP contribution in [0.3, 0.4) is 0 Å². The molecule has 2 aliphatic rings. The van der Waals surface area contributed by atoms with Crippen molar-refractivity contribution in [1.29, 1.82) is 0 Å². The second-order valence-corrected chi connectivity index (χ2v) is 8.82. The van der Waals surface area contributed by atoms with E-state index in [0.717, 1.165) is 19.6 Å². The van der Waals surface area contributed by atoms with Gasteiger partial charge in [-0.3, -0.25) is 9.48 Å². The molecule has 0 aliphatic carbocycles. The SMILES string of the molecule is Cn1nc(C(=O)NCCN2CCCC2)c2c1-c1ccccc1S(=O)(=O)C2. The molecule has 7 nitrogen and oxygen atoms in total. The number of likely N-dealkylation sites (tertiary alicyclic amines) is 1. The van der Waals surface area contributed by atoms with Crippen LogP contribution in [-0.4, -0.2) is 55.2 Å². The third-order valence-corrected chi connectivity index (χ3v) is 6.78. The Bertz CT molecular complexity index is 959. The van der Waals surface area contributed by atoms with Gasteiger partial charge in [-0.25, -0.2) is 8.42 Å². The number of rotatable bonds is 4. The maximum Gasteiger partial charge on any atom is 0.272 e. The molecule has 0 saturated carbocycles. The Morgan fingerprint density at radius 3 is 2.73 bits per heavy atom. The molecular formula is C18H22N4O3S. The lowest BCUT2D eigenvalue weighted by atomic mass is 10.1. The minimum atomic E-state index is -3.47. The second kappa shape index (κ2) is 6.51. The summed E-state index contributed by atoms with van der Waals surface area (Å²) in [6.45, 7) is 3.49. The van der Waals surface area contributed by atoms with E-state index in [1.807, 2.05) is 0 Å². The zero-order valence-electron chi connectivity index (χ0n) is 14.7. The van der Waals surface area contributed by atoms with Crippen molar-refractivity contribution in [3.8, 4) is 11.3 Å². The van der Waals surface area contributed by atoms with Crippen molar-refractivity contribution < 1.29 is 13.2 Å². The molecule has 4 rings (SSSR count). The van der Waals surface area contributed by atoms with E-state index in [1.165, 1.54) is 12.8 Å². The van der Waals surface area contributed by atoms with Crippen molar-refractivity contribution in [2.75, 3.05) is 26.2 Å². The number of carbonyl (C=O) groups excluding carboxylic acids is 1. The largest absolute Gasteiger partial charge is 0.349 e. The molecule has 1 fully saturated rings. The molecule has 2 aromatic rings. The lowest BCUT2D eigenvalue weighted by Crippen LogP contribution is -2.34. The number of carbonyl (C=O) groups is 1. The third-order valence-electron chi connectivity index (χ3n) is 5.08. The summed E-state index contributed by atoms with van der Waals surface area (Å²) in [5, 5.41) is 7.22. The van der Waals surface area contributed by atoms with Gasteiger partial charge in [0.1, 0.15) is 0 Å². The van der Waals surface area contributed by atoms with Crippen molar-refractivity contribution in [3.05, 3.63) is 35.5 Å². The van der Waals surface area contributed by atoms with E-state index < -0.39 is 9.84 Å². The Balaban J connectivity index is 1.61. The Labute approximate surface area is 152 Å². The van der Waals surface area contributed by atoms with Gasteiger partial charge in [0.2, 0.25) is 0 Å². The number of hydrogen-bond acceptors (Lipinski definition) is 5. The fourth-order valence-electron chi connectivity index (χ4n) is 3.84. The number of amides is 1. The van der Waals surface area contributed by atoms with Gasteiger partial charge in [0, 0.05) is 31.3 Å². The minimum absolute atomic E-state index is 0.192. The van der Waals surface area contributed by atoms with E-state index in [0.29, 0.717) is 28.3 Å². The van der Waals surface area contributed by atoms with Gasteiger partial charge in [-0.1, -0.05) is 18.2 Å². The topological polar surface area (TPSA) is 84.3 Å². The van der Waals surface area contributed by atoms with Crippen LogP contribution >= 0.6 is 0 Å². The summed E-state index contributed by atoms with van der Waals surface area (Å²) in [4.78, 5) is 15.2. The number of aromatic nitrogens is 2. The standard InChI is InChI=1S/C18H22N4O3S/c1-21-17-13-6-2-3-7-15(13)26(24,25)12-14(17)16(20-21)18(23)19-8-11-22-9-4-5-10-22/h2-3,6-7H,4-5,8-12H2,1H3,(H,19,23). The van der Waals surface area contributed by atoms with Gasteiger partial charge >= 0.3 is 0 Å². The molecular weight excluding hydrogens is 352 g/mol. The fourth-order valence-corrected chi connectivity index (χ4v) is 5.44. The number of sulfone groups is 1. The van der Waals surface area contributed by atoms with E-state index in [9.17, 15) is 13.2 Å². The summed E-state index contributed by atoms with van der Waals surface area (Å²) in [5.74, 6) is -0.502. The second-order valence-electron chi connectivity index (χ2n) is 6.86. The molecule has 1 aromatic carbocycles. The van der Waals surface area contributed by atoms with Crippen molar-refractivity contribution in [1.82, 2.24) is 20.0 Å². The van der Waals surface area contributed by atoms with Gasteiger partial charge in [-0.05, 0) is 32.0 Å². The molecule has 1 N–H and O–H groups in total. The molecule has 0 spiro atoms. The van der Waals surface area contributed by atoms with Gasteiger partial charge in [0.25, 0.3) is 5.91 Å². The first-order valence-electron chi connectivity index (χ1n) is 8.86. The van der Waals surface area contributed by atoms with Crippen LogP contribution in [0.25, 0.3) is 11.3 Å². The van der Waals surface area contributed by atoms with Crippen molar-refractivity contribution in [2.24, 2.45) is 7.05 Å². The average Bonchev–Trinajstić information content (AvgIpc) is 3.22. The number of hydrogen-bond donors (Lipinski definition) is 1. The highest BCUT2D eigenvalue weighted by Gasteiger charge is 2.34. The molecule has 0 radical (unpaired) electrons. The van der Waals surface area contributed by atoms with Gasteiger partial charge in [-0.15, -0.1) is 0 Å². The molecule has 3 heterocycles. The van der Waals surface area contributed by atoms with Crippen LogP contribution in [0, 0.1) is 0 Å². The summed E-state index contributed by atoms with van der Waals surface area (Å²) in [6, 6.07) is 6.88. The van der Waals surface area contributed by atoms with Crippen LogP contribution in [0.1, 0.15) is 28.9 Å². The Kier molecular flexibility index (Phi) is 4.32. The molecule has 26 heavy (non-hydrogen) atoms. The highest BCUT2D eigenvalue weighted by molar-refractivity contribution is 7.90. The van der Waals surface area contributed by atoms with Crippen LogP contribution in [0.15, 0.2) is 29.2 Å². The van der Waals surface area contributed by atoms with Crippen LogP contribution in [0.4, 0.5) is 0 Å². The predicted molar refractivity (Wildman–Crippen MR) is 97.5 cm³/mol. The molecule has 8 heteroatoms. The first-order chi connectivity index (χ1) is 12.5. The number of fused-ring (bicyclic) bond motifs is 3. The molecule has 0 bridgehead atoms. The first kappa shape index (κ1) is 17.2. The van der Waals surface area contributed by atoms with E-state index >= 15 is 0 Å². The number of aryl methyl sites for hydroxylation is 1. The number of nitrogens with one attached hydrogen (secondary N) is 1. The van der Waals surface area contributed by atoms with Crippen LogP contribution < -0.4 is 5.32 Å².